The third-order valence-corrected chi connectivity index (χ3v) is 3.84. The van der Waals surface area contributed by atoms with Gasteiger partial charge in [-0.05, 0) is 25.5 Å². The fourth-order valence-electron chi connectivity index (χ4n) is 2.68. The Kier molecular flexibility index (Phi) is 5.24. The molecule has 0 fully saturated rings. The number of hydrogen-bond donors (Lipinski definition) is 1. The maximum atomic E-state index is 12.8. The molecule has 0 spiro atoms. The first-order chi connectivity index (χ1) is 10.4. The number of rotatable bonds is 6. The highest BCUT2D eigenvalue weighted by Gasteiger charge is 2.35. The maximum absolute atomic E-state index is 12.8. The van der Waals surface area contributed by atoms with Crippen molar-refractivity contribution in [2.75, 3.05) is 13.6 Å². The van der Waals surface area contributed by atoms with E-state index in [1.54, 1.807) is 0 Å². The van der Waals surface area contributed by atoms with Crippen LogP contribution >= 0.6 is 0 Å². The molecule has 1 aromatic carbocycles. The second-order valence-corrected chi connectivity index (χ2v) is 5.33. The molecule has 0 amide bonds. The van der Waals surface area contributed by atoms with Crippen molar-refractivity contribution < 1.29 is 13.2 Å². The fourth-order valence-corrected chi connectivity index (χ4v) is 2.68. The zero-order valence-electron chi connectivity index (χ0n) is 12.7. The van der Waals surface area contributed by atoms with E-state index in [0.29, 0.717) is 13.0 Å². The molecule has 3 nitrogen and oxygen atoms in total. The Morgan fingerprint density at radius 3 is 2.50 bits per heavy atom. The molecule has 1 aromatic heterocycles. The minimum absolute atomic E-state index is 0.197. The van der Waals surface area contributed by atoms with E-state index in [9.17, 15) is 13.2 Å². The van der Waals surface area contributed by atoms with Crippen LogP contribution in [0.5, 0.6) is 0 Å². The predicted octanol–water partition coefficient (Wildman–Crippen LogP) is 4.05. The van der Waals surface area contributed by atoms with E-state index in [1.165, 1.54) is 11.8 Å². The van der Waals surface area contributed by atoms with Crippen LogP contribution in [0.3, 0.4) is 0 Å². The lowest BCUT2D eigenvalue weighted by Crippen LogP contribution is -2.27. The molecule has 22 heavy (non-hydrogen) atoms. The summed E-state index contributed by atoms with van der Waals surface area (Å²) in [5.41, 5.74) is 0.645. The molecule has 1 unspecified atom stereocenters. The van der Waals surface area contributed by atoms with Gasteiger partial charge in [0.2, 0.25) is 0 Å². The first kappa shape index (κ1) is 16.5. The predicted molar refractivity (Wildman–Crippen MR) is 79.4 cm³/mol. The van der Waals surface area contributed by atoms with Gasteiger partial charge < -0.3 is 0 Å². The lowest BCUT2D eigenvalue weighted by molar-refractivity contribution is -0.141. The summed E-state index contributed by atoms with van der Waals surface area (Å²) in [7, 11) is 1.94. The molecule has 2 aromatic rings. The van der Waals surface area contributed by atoms with Gasteiger partial charge in [0.25, 0.3) is 0 Å². The summed E-state index contributed by atoms with van der Waals surface area (Å²) in [4.78, 5) is 2.09. The summed E-state index contributed by atoms with van der Waals surface area (Å²) in [6.45, 7) is 2.61. The molecule has 120 valence electrons. The minimum Gasteiger partial charge on any atom is -0.299 e. The van der Waals surface area contributed by atoms with Crippen LogP contribution in [0.25, 0.3) is 0 Å². The van der Waals surface area contributed by atoms with Crippen molar-refractivity contribution in [1.29, 1.82) is 0 Å². The summed E-state index contributed by atoms with van der Waals surface area (Å²) in [5.74, 6) is 0. The smallest absolute Gasteiger partial charge is 0.299 e. The average Bonchev–Trinajstić information content (AvgIpc) is 2.95. The van der Waals surface area contributed by atoms with E-state index < -0.39 is 11.9 Å². The molecule has 0 aliphatic rings. The number of aromatic nitrogens is 2. The van der Waals surface area contributed by atoms with E-state index in [2.05, 4.69) is 22.0 Å². The van der Waals surface area contributed by atoms with Crippen molar-refractivity contribution >= 4 is 0 Å². The largest absolute Gasteiger partial charge is 0.433 e. The number of aromatic amines is 1. The summed E-state index contributed by atoms with van der Waals surface area (Å²) in [6.07, 6.45) is -1.91. The summed E-state index contributed by atoms with van der Waals surface area (Å²) < 4.78 is 38.4. The van der Waals surface area contributed by atoms with Gasteiger partial charge in [0.1, 0.15) is 5.69 Å². The molecule has 1 heterocycles. The van der Waals surface area contributed by atoms with E-state index in [0.717, 1.165) is 6.42 Å². The highest BCUT2D eigenvalue weighted by Crippen LogP contribution is 2.30. The number of halogens is 3. The van der Waals surface area contributed by atoms with E-state index in [-0.39, 0.29) is 11.6 Å². The van der Waals surface area contributed by atoms with Crippen molar-refractivity contribution in [3.05, 3.63) is 53.3 Å². The molecule has 0 saturated heterocycles. The van der Waals surface area contributed by atoms with Crippen LogP contribution in [-0.2, 0) is 12.6 Å². The third kappa shape index (κ3) is 3.88. The maximum Gasteiger partial charge on any atom is 0.433 e. The van der Waals surface area contributed by atoms with Gasteiger partial charge in [-0.3, -0.25) is 10.00 Å². The van der Waals surface area contributed by atoms with Gasteiger partial charge in [-0.15, -0.1) is 0 Å². The molecule has 0 bridgehead atoms. The SMILES string of the molecule is CCC(c1ccccc1)N(C)CCc1cn[nH]c1C(F)(F)F. The Morgan fingerprint density at radius 1 is 1.23 bits per heavy atom. The fraction of sp³-hybridized carbons (Fsp3) is 0.438. The molecule has 1 N–H and O–H groups in total. The van der Waals surface area contributed by atoms with Crippen molar-refractivity contribution in [3.8, 4) is 0 Å². The van der Waals surface area contributed by atoms with Crippen molar-refractivity contribution in [3.63, 3.8) is 0 Å². The van der Waals surface area contributed by atoms with Crippen LogP contribution in [0, 0.1) is 0 Å². The first-order valence-corrected chi connectivity index (χ1v) is 7.28. The number of benzene rings is 1. The van der Waals surface area contributed by atoms with Crippen LogP contribution in [0.1, 0.15) is 36.2 Å². The first-order valence-electron chi connectivity index (χ1n) is 7.28. The highest BCUT2D eigenvalue weighted by molar-refractivity contribution is 5.21. The van der Waals surface area contributed by atoms with Crippen LogP contribution < -0.4 is 0 Å². The van der Waals surface area contributed by atoms with E-state index in [4.69, 9.17) is 0 Å². The molecule has 2 rings (SSSR count). The Hall–Kier alpha value is -1.82. The third-order valence-electron chi connectivity index (χ3n) is 3.84. The summed E-state index contributed by atoms with van der Waals surface area (Å²) in [6, 6.07) is 10.2. The van der Waals surface area contributed by atoms with Crippen LogP contribution in [0.2, 0.25) is 0 Å². The normalized spacial score (nSPS) is 13.5. The molecule has 0 saturated carbocycles. The highest BCUT2D eigenvalue weighted by atomic mass is 19.4. The van der Waals surface area contributed by atoms with Crippen molar-refractivity contribution in [1.82, 2.24) is 15.1 Å². The van der Waals surface area contributed by atoms with Crippen LogP contribution in [-0.4, -0.2) is 28.7 Å². The zero-order valence-corrected chi connectivity index (χ0v) is 12.7. The quantitative estimate of drug-likeness (QED) is 0.872. The van der Waals surface area contributed by atoms with Gasteiger partial charge in [0.15, 0.2) is 0 Å². The lowest BCUT2D eigenvalue weighted by atomic mass is 10.0. The monoisotopic (exact) mass is 311 g/mol. The number of likely N-dealkylation sites (N-methyl/N-ethyl adjacent to an activating group) is 1. The van der Waals surface area contributed by atoms with Gasteiger partial charge in [0, 0.05) is 18.2 Å². The van der Waals surface area contributed by atoms with E-state index >= 15 is 0 Å². The number of nitrogens with one attached hydrogen (secondary N) is 1. The number of hydrogen-bond acceptors (Lipinski definition) is 2. The standard InChI is InChI=1S/C16H20F3N3/c1-3-14(12-7-5-4-6-8-12)22(2)10-9-13-11-20-21-15(13)16(17,18)19/h4-8,11,14H,3,9-10H2,1-2H3,(H,20,21). The lowest BCUT2D eigenvalue weighted by Gasteiger charge is -2.27. The Balaban J connectivity index is 2.03. The second kappa shape index (κ2) is 6.96. The number of nitrogens with zero attached hydrogens (tertiary/aromatic N) is 2. The molecule has 0 aliphatic heterocycles. The molecule has 0 radical (unpaired) electrons. The molecular formula is C16H20F3N3. The molecule has 0 aliphatic carbocycles. The van der Waals surface area contributed by atoms with Crippen LogP contribution in [0.4, 0.5) is 13.2 Å². The van der Waals surface area contributed by atoms with Gasteiger partial charge in [-0.2, -0.15) is 18.3 Å². The molecule has 6 heteroatoms. The average molecular weight is 311 g/mol. The Labute approximate surface area is 128 Å². The number of alkyl halides is 3. The number of H-pyrrole nitrogens is 1. The Bertz CT molecular complexity index is 578. The van der Waals surface area contributed by atoms with Gasteiger partial charge in [0.05, 0.1) is 6.20 Å². The van der Waals surface area contributed by atoms with Gasteiger partial charge in [-0.1, -0.05) is 37.3 Å². The molecule has 1 atom stereocenters. The van der Waals surface area contributed by atoms with Crippen LogP contribution in [0.15, 0.2) is 36.5 Å². The zero-order chi connectivity index (χ0) is 16.2. The van der Waals surface area contributed by atoms with Gasteiger partial charge in [-0.25, -0.2) is 0 Å². The minimum atomic E-state index is -4.38. The summed E-state index contributed by atoms with van der Waals surface area (Å²) >= 11 is 0. The topological polar surface area (TPSA) is 31.9 Å². The second-order valence-electron chi connectivity index (χ2n) is 5.33. The Morgan fingerprint density at radius 2 is 1.91 bits per heavy atom. The van der Waals surface area contributed by atoms with Crippen molar-refractivity contribution in [2.24, 2.45) is 0 Å². The summed E-state index contributed by atoms with van der Waals surface area (Å²) in [5, 5.41) is 5.58. The van der Waals surface area contributed by atoms with Crippen molar-refractivity contribution in [2.45, 2.75) is 32.0 Å². The van der Waals surface area contributed by atoms with Gasteiger partial charge >= 0.3 is 6.18 Å². The van der Waals surface area contributed by atoms with E-state index in [1.807, 2.05) is 37.4 Å². The molecular weight excluding hydrogens is 291 g/mol.